The van der Waals surface area contributed by atoms with Crippen molar-refractivity contribution in [3.8, 4) is 28.6 Å². The lowest BCUT2D eigenvalue weighted by Gasteiger charge is -2.15. The lowest BCUT2D eigenvalue weighted by molar-refractivity contribution is -0.116. The molecule has 1 amide bonds. The summed E-state index contributed by atoms with van der Waals surface area (Å²) in [6, 6.07) is 9.48. The predicted molar refractivity (Wildman–Crippen MR) is 124 cm³/mol. The van der Waals surface area contributed by atoms with Gasteiger partial charge >= 0.3 is 0 Å². The molecule has 0 bridgehead atoms. The van der Waals surface area contributed by atoms with E-state index in [2.05, 4.69) is 15.5 Å². The summed E-state index contributed by atoms with van der Waals surface area (Å²) in [7, 11) is 3.69. The second-order valence-corrected chi connectivity index (χ2v) is 9.43. The first kappa shape index (κ1) is 25.0. The van der Waals surface area contributed by atoms with Crippen molar-refractivity contribution in [3.05, 3.63) is 42.3 Å². The largest absolute Gasteiger partial charge is 0.495 e. The zero-order valence-corrected chi connectivity index (χ0v) is 20.3. The second kappa shape index (κ2) is 10.5. The van der Waals surface area contributed by atoms with Gasteiger partial charge in [-0.2, -0.15) is 4.98 Å². The third kappa shape index (κ3) is 5.46. The Hall–Kier alpha value is -3.64. The lowest BCUT2D eigenvalue weighted by Crippen LogP contribution is -2.22. The highest BCUT2D eigenvalue weighted by Crippen LogP contribution is 2.31. The molecule has 0 aliphatic rings. The van der Waals surface area contributed by atoms with E-state index in [1.807, 2.05) is 0 Å². The molecule has 0 atom stereocenters. The molecular formula is C22H26N4O7S. The first-order valence-corrected chi connectivity index (χ1v) is 11.6. The number of anilines is 1. The minimum Gasteiger partial charge on any atom is -0.495 e. The van der Waals surface area contributed by atoms with E-state index in [0.29, 0.717) is 28.6 Å². The molecule has 0 unspecified atom stereocenters. The molecule has 2 aromatic carbocycles. The molecule has 11 nitrogen and oxygen atoms in total. The number of sulfonamides is 1. The summed E-state index contributed by atoms with van der Waals surface area (Å²) in [6.07, 6.45) is 0.214. The molecule has 0 saturated carbocycles. The van der Waals surface area contributed by atoms with Crippen LogP contribution < -0.4 is 19.5 Å². The zero-order valence-electron chi connectivity index (χ0n) is 19.5. The number of amides is 1. The van der Waals surface area contributed by atoms with Crippen LogP contribution in [0.1, 0.15) is 12.3 Å². The highest BCUT2D eigenvalue weighted by molar-refractivity contribution is 7.89. The topological polar surface area (TPSA) is 133 Å². The first-order valence-electron chi connectivity index (χ1n) is 10.1. The third-order valence-electron chi connectivity index (χ3n) is 4.90. The summed E-state index contributed by atoms with van der Waals surface area (Å²) in [5, 5.41) is 6.64. The number of aromatic nitrogens is 2. The van der Waals surface area contributed by atoms with E-state index >= 15 is 0 Å². The quantitative estimate of drug-likeness (QED) is 0.455. The van der Waals surface area contributed by atoms with Crippen LogP contribution in [-0.2, 0) is 21.2 Å². The fraction of sp³-hybridized carbons (Fsp3) is 0.318. The Morgan fingerprint density at radius 1 is 1.00 bits per heavy atom. The fourth-order valence-electron chi connectivity index (χ4n) is 3.04. The normalized spacial score (nSPS) is 11.4. The fourth-order valence-corrected chi connectivity index (χ4v) is 3.97. The van der Waals surface area contributed by atoms with Crippen molar-refractivity contribution in [2.75, 3.05) is 40.7 Å². The highest BCUT2D eigenvalue weighted by Gasteiger charge is 2.20. The number of aryl methyl sites for hydroxylation is 1. The molecule has 1 heterocycles. The summed E-state index contributed by atoms with van der Waals surface area (Å²) < 4.78 is 46.9. The van der Waals surface area contributed by atoms with Crippen molar-refractivity contribution in [1.82, 2.24) is 14.4 Å². The number of methoxy groups -OCH3 is 3. The third-order valence-corrected chi connectivity index (χ3v) is 6.71. The predicted octanol–water partition coefficient (Wildman–Crippen LogP) is 2.58. The van der Waals surface area contributed by atoms with Gasteiger partial charge in [0.05, 0.1) is 31.9 Å². The van der Waals surface area contributed by atoms with E-state index < -0.39 is 10.0 Å². The summed E-state index contributed by atoms with van der Waals surface area (Å²) in [5.41, 5.74) is 0.910. The number of hydrogen-bond acceptors (Lipinski definition) is 9. The maximum atomic E-state index is 12.5. The molecule has 0 aliphatic carbocycles. The molecule has 0 radical (unpaired) electrons. The molecular weight excluding hydrogens is 464 g/mol. The van der Waals surface area contributed by atoms with Gasteiger partial charge in [0.25, 0.3) is 0 Å². The number of hydrogen-bond donors (Lipinski definition) is 1. The van der Waals surface area contributed by atoms with Gasteiger partial charge in [-0.1, -0.05) is 5.16 Å². The van der Waals surface area contributed by atoms with E-state index in [4.69, 9.17) is 18.7 Å². The smallest absolute Gasteiger partial charge is 0.242 e. The zero-order chi connectivity index (χ0) is 24.9. The average molecular weight is 491 g/mol. The van der Waals surface area contributed by atoms with E-state index in [0.717, 1.165) is 4.31 Å². The Balaban J connectivity index is 1.69. The first-order chi connectivity index (χ1) is 16.2. The van der Waals surface area contributed by atoms with Crippen LogP contribution in [0.15, 0.2) is 45.8 Å². The van der Waals surface area contributed by atoms with E-state index in [1.165, 1.54) is 46.5 Å². The van der Waals surface area contributed by atoms with Crippen LogP contribution in [-0.4, -0.2) is 64.2 Å². The van der Waals surface area contributed by atoms with Crippen LogP contribution in [0.25, 0.3) is 11.4 Å². The highest BCUT2D eigenvalue weighted by atomic mass is 32.2. The van der Waals surface area contributed by atoms with Crippen molar-refractivity contribution in [2.24, 2.45) is 0 Å². The van der Waals surface area contributed by atoms with Crippen LogP contribution in [0.5, 0.6) is 17.2 Å². The van der Waals surface area contributed by atoms with Gasteiger partial charge in [-0.05, 0) is 36.4 Å². The lowest BCUT2D eigenvalue weighted by atomic mass is 10.2. The van der Waals surface area contributed by atoms with Gasteiger partial charge in [-0.25, -0.2) is 12.7 Å². The summed E-state index contributed by atoms with van der Waals surface area (Å²) in [6.45, 7) is 0. The van der Waals surface area contributed by atoms with Gasteiger partial charge in [0.15, 0.2) is 11.5 Å². The van der Waals surface area contributed by atoms with Crippen molar-refractivity contribution < 1.29 is 31.9 Å². The monoisotopic (exact) mass is 490 g/mol. The molecule has 3 rings (SSSR count). The van der Waals surface area contributed by atoms with Crippen molar-refractivity contribution in [1.29, 1.82) is 0 Å². The van der Waals surface area contributed by atoms with Gasteiger partial charge < -0.3 is 24.1 Å². The van der Waals surface area contributed by atoms with Crippen LogP contribution in [0.2, 0.25) is 0 Å². The number of nitrogens with one attached hydrogen (secondary N) is 1. The Bertz CT molecular complexity index is 1270. The SMILES string of the molecule is COc1ccc(S(=O)(=O)N(C)C)cc1NC(=O)CCc1nc(-c2ccc(OC)c(OC)c2)no1. The number of benzene rings is 2. The molecule has 0 spiro atoms. The standard InChI is InChI=1S/C22H26N4O7S/c1-26(2)34(28,29)15-7-9-17(30-3)16(13-15)23-20(27)10-11-21-24-22(25-33-21)14-6-8-18(31-4)19(12-14)32-5/h6-9,12-13H,10-11H2,1-5H3,(H,23,27). The number of rotatable bonds is 10. The van der Waals surface area contributed by atoms with Crippen LogP contribution in [0.3, 0.4) is 0 Å². The van der Waals surface area contributed by atoms with Crippen LogP contribution >= 0.6 is 0 Å². The van der Waals surface area contributed by atoms with Gasteiger partial charge in [0, 0.05) is 32.5 Å². The van der Waals surface area contributed by atoms with E-state index in [1.54, 1.807) is 25.3 Å². The van der Waals surface area contributed by atoms with Crippen LogP contribution in [0, 0.1) is 0 Å². The number of carbonyl (C=O) groups excluding carboxylic acids is 1. The Labute approximate surface area is 197 Å². The Kier molecular flexibility index (Phi) is 7.74. The molecule has 0 saturated heterocycles. The van der Waals surface area contributed by atoms with Gasteiger partial charge in [-0.3, -0.25) is 4.79 Å². The van der Waals surface area contributed by atoms with E-state index in [9.17, 15) is 13.2 Å². The maximum absolute atomic E-state index is 12.5. The number of nitrogens with zero attached hydrogens (tertiary/aromatic N) is 3. The van der Waals surface area contributed by atoms with E-state index in [-0.39, 0.29) is 35.2 Å². The average Bonchev–Trinajstić information content (AvgIpc) is 3.31. The summed E-state index contributed by atoms with van der Waals surface area (Å²) >= 11 is 0. The number of carbonyl (C=O) groups is 1. The minimum atomic E-state index is -3.67. The van der Waals surface area contributed by atoms with Gasteiger partial charge in [-0.15, -0.1) is 0 Å². The minimum absolute atomic E-state index is 0.0291. The van der Waals surface area contributed by atoms with Gasteiger partial charge in [0.1, 0.15) is 5.75 Å². The number of ether oxygens (including phenoxy) is 3. The molecule has 1 N–H and O–H groups in total. The molecule has 12 heteroatoms. The van der Waals surface area contributed by atoms with Crippen LogP contribution in [0.4, 0.5) is 5.69 Å². The summed E-state index contributed by atoms with van der Waals surface area (Å²) in [5.74, 6) is 1.68. The molecule has 3 aromatic rings. The molecule has 0 aliphatic heterocycles. The summed E-state index contributed by atoms with van der Waals surface area (Å²) in [4.78, 5) is 16.9. The molecule has 182 valence electrons. The van der Waals surface area contributed by atoms with Gasteiger partial charge in [0.2, 0.25) is 27.6 Å². The molecule has 34 heavy (non-hydrogen) atoms. The molecule has 0 fully saturated rings. The van der Waals surface area contributed by atoms with Crippen molar-refractivity contribution in [2.45, 2.75) is 17.7 Å². The Morgan fingerprint density at radius 2 is 1.68 bits per heavy atom. The second-order valence-electron chi connectivity index (χ2n) is 7.28. The maximum Gasteiger partial charge on any atom is 0.242 e. The van der Waals surface area contributed by atoms with Crippen molar-refractivity contribution >= 4 is 21.6 Å². The van der Waals surface area contributed by atoms with Crippen molar-refractivity contribution in [3.63, 3.8) is 0 Å². The Morgan fingerprint density at radius 3 is 2.32 bits per heavy atom. The molecule has 1 aromatic heterocycles.